The SMILES string of the molecule is COCCN(CC(F)(F)F)C(=O)c1ccc(-c2noc(C(F)(F)F)n2)cc1. The number of amides is 1. The molecular formula is C15H13F6N3O3. The molecule has 0 atom stereocenters. The summed E-state index contributed by atoms with van der Waals surface area (Å²) in [5.41, 5.74) is 0.0173. The van der Waals surface area contributed by atoms with E-state index in [-0.39, 0.29) is 30.1 Å². The highest BCUT2D eigenvalue weighted by Crippen LogP contribution is 2.29. The lowest BCUT2D eigenvalue weighted by Gasteiger charge is -2.23. The maximum atomic E-state index is 12.6. The molecule has 0 aliphatic rings. The first kappa shape index (κ1) is 20.7. The molecule has 2 rings (SSSR count). The summed E-state index contributed by atoms with van der Waals surface area (Å²) in [6.45, 7) is -1.84. The summed E-state index contributed by atoms with van der Waals surface area (Å²) in [4.78, 5) is 16.0. The molecule has 0 aliphatic heterocycles. The molecule has 2 aromatic rings. The summed E-state index contributed by atoms with van der Waals surface area (Å²) in [6.07, 6.45) is -9.40. The van der Waals surface area contributed by atoms with Crippen molar-refractivity contribution in [2.75, 3.05) is 26.8 Å². The summed E-state index contributed by atoms with van der Waals surface area (Å²) in [5, 5.41) is 3.18. The summed E-state index contributed by atoms with van der Waals surface area (Å²) >= 11 is 0. The first-order valence-corrected chi connectivity index (χ1v) is 7.37. The minimum atomic E-state index is -4.80. The topological polar surface area (TPSA) is 68.5 Å². The smallest absolute Gasteiger partial charge is 0.383 e. The van der Waals surface area contributed by atoms with Crippen LogP contribution in [0.2, 0.25) is 0 Å². The Bertz CT molecular complexity index is 770. The molecule has 0 aliphatic carbocycles. The minimum absolute atomic E-state index is 0.0846. The molecule has 0 radical (unpaired) electrons. The Balaban J connectivity index is 2.19. The van der Waals surface area contributed by atoms with Crippen LogP contribution in [0.4, 0.5) is 26.3 Å². The predicted octanol–water partition coefficient (Wildman–Crippen LogP) is 3.41. The second kappa shape index (κ2) is 7.94. The van der Waals surface area contributed by atoms with Gasteiger partial charge in [0.1, 0.15) is 6.54 Å². The standard InChI is InChI=1S/C15H13F6N3O3/c1-26-7-6-24(8-14(16,17)18)12(25)10-4-2-9(3-5-10)11-22-13(27-23-11)15(19,20)21/h2-5H,6-8H2,1H3. The molecule has 12 heteroatoms. The van der Waals surface area contributed by atoms with Crippen LogP contribution in [0.1, 0.15) is 16.2 Å². The van der Waals surface area contributed by atoms with E-state index >= 15 is 0 Å². The van der Waals surface area contributed by atoms with E-state index in [0.717, 1.165) is 12.1 Å². The molecule has 0 saturated heterocycles. The Morgan fingerprint density at radius 1 is 1.15 bits per heavy atom. The number of carbonyl (C=O) groups excluding carboxylic acids is 1. The monoisotopic (exact) mass is 397 g/mol. The lowest BCUT2D eigenvalue weighted by atomic mass is 10.1. The van der Waals surface area contributed by atoms with E-state index in [1.54, 1.807) is 0 Å². The molecule has 0 bridgehead atoms. The number of halogens is 6. The second-order valence-corrected chi connectivity index (χ2v) is 5.33. The van der Waals surface area contributed by atoms with Crippen LogP contribution in [0.15, 0.2) is 28.8 Å². The molecule has 0 unspecified atom stereocenters. The number of hydrogen-bond donors (Lipinski definition) is 0. The van der Waals surface area contributed by atoms with E-state index in [0.29, 0.717) is 4.90 Å². The Hall–Kier alpha value is -2.63. The number of hydrogen-bond acceptors (Lipinski definition) is 5. The van der Waals surface area contributed by atoms with Gasteiger partial charge in [0.15, 0.2) is 0 Å². The molecule has 1 aromatic heterocycles. The number of methoxy groups -OCH3 is 1. The van der Waals surface area contributed by atoms with Gasteiger partial charge in [0.25, 0.3) is 5.91 Å². The van der Waals surface area contributed by atoms with Gasteiger partial charge in [-0.1, -0.05) is 17.3 Å². The zero-order valence-corrected chi connectivity index (χ0v) is 13.8. The summed E-state index contributed by atoms with van der Waals surface area (Å²) in [7, 11) is 1.28. The number of alkyl halides is 6. The quantitative estimate of drug-likeness (QED) is 0.699. The Morgan fingerprint density at radius 3 is 2.26 bits per heavy atom. The predicted molar refractivity (Wildman–Crippen MR) is 78.6 cm³/mol. The zero-order chi connectivity index (χ0) is 20.2. The number of ether oxygens (including phenoxy) is 1. The molecule has 0 fully saturated rings. The molecule has 148 valence electrons. The van der Waals surface area contributed by atoms with E-state index in [1.165, 1.54) is 19.2 Å². The normalized spacial score (nSPS) is 12.3. The van der Waals surface area contributed by atoms with Gasteiger partial charge < -0.3 is 14.2 Å². The molecule has 0 saturated carbocycles. The highest BCUT2D eigenvalue weighted by Gasteiger charge is 2.38. The maximum absolute atomic E-state index is 12.6. The van der Waals surface area contributed by atoms with Crippen LogP contribution in [0.25, 0.3) is 11.4 Å². The van der Waals surface area contributed by atoms with Crippen LogP contribution in [0.3, 0.4) is 0 Å². The van der Waals surface area contributed by atoms with Gasteiger partial charge in [0, 0.05) is 24.8 Å². The lowest BCUT2D eigenvalue weighted by Crippen LogP contribution is -2.40. The van der Waals surface area contributed by atoms with Crippen molar-refractivity contribution in [1.29, 1.82) is 0 Å². The first-order valence-electron chi connectivity index (χ1n) is 7.37. The summed E-state index contributed by atoms with van der Waals surface area (Å²) in [5.74, 6) is -2.80. The van der Waals surface area contributed by atoms with Crippen molar-refractivity contribution in [1.82, 2.24) is 15.0 Å². The van der Waals surface area contributed by atoms with Gasteiger partial charge in [-0.15, -0.1) is 0 Å². The average Bonchev–Trinajstić information content (AvgIpc) is 3.07. The Labute approximate surface area is 148 Å². The average molecular weight is 397 g/mol. The highest BCUT2D eigenvalue weighted by atomic mass is 19.4. The van der Waals surface area contributed by atoms with Crippen molar-refractivity contribution in [3.63, 3.8) is 0 Å². The van der Waals surface area contributed by atoms with Gasteiger partial charge in [-0.25, -0.2) is 0 Å². The van der Waals surface area contributed by atoms with E-state index in [2.05, 4.69) is 14.7 Å². The molecule has 1 amide bonds. The van der Waals surface area contributed by atoms with E-state index in [4.69, 9.17) is 4.74 Å². The van der Waals surface area contributed by atoms with Crippen molar-refractivity contribution in [2.45, 2.75) is 12.4 Å². The van der Waals surface area contributed by atoms with Crippen molar-refractivity contribution in [2.24, 2.45) is 0 Å². The van der Waals surface area contributed by atoms with Gasteiger partial charge in [0.2, 0.25) is 5.82 Å². The zero-order valence-electron chi connectivity index (χ0n) is 13.8. The highest BCUT2D eigenvalue weighted by molar-refractivity contribution is 5.94. The third kappa shape index (κ3) is 5.67. The number of carbonyl (C=O) groups is 1. The molecule has 1 aromatic carbocycles. The summed E-state index contributed by atoms with van der Waals surface area (Å²) in [6, 6.07) is 4.75. The molecular weight excluding hydrogens is 384 g/mol. The van der Waals surface area contributed by atoms with Crippen LogP contribution in [-0.4, -0.2) is 53.9 Å². The fourth-order valence-corrected chi connectivity index (χ4v) is 2.07. The minimum Gasteiger partial charge on any atom is -0.383 e. The van der Waals surface area contributed by atoms with Crippen LogP contribution in [0, 0.1) is 0 Å². The van der Waals surface area contributed by atoms with Crippen molar-refractivity contribution >= 4 is 5.91 Å². The van der Waals surface area contributed by atoms with E-state index in [9.17, 15) is 31.1 Å². The number of aromatic nitrogens is 2. The number of rotatable bonds is 6. The van der Waals surface area contributed by atoms with Crippen molar-refractivity contribution in [3.05, 3.63) is 35.7 Å². The fourth-order valence-electron chi connectivity index (χ4n) is 2.07. The van der Waals surface area contributed by atoms with Gasteiger partial charge in [0.05, 0.1) is 6.61 Å². The van der Waals surface area contributed by atoms with E-state index < -0.39 is 30.7 Å². The Morgan fingerprint density at radius 2 is 1.78 bits per heavy atom. The molecule has 0 N–H and O–H groups in total. The molecule has 1 heterocycles. The second-order valence-electron chi connectivity index (χ2n) is 5.33. The fraction of sp³-hybridized carbons (Fsp3) is 0.400. The molecule has 27 heavy (non-hydrogen) atoms. The third-order valence-electron chi connectivity index (χ3n) is 3.28. The Kier molecular flexibility index (Phi) is 6.08. The van der Waals surface area contributed by atoms with Crippen molar-refractivity contribution < 1.29 is 40.4 Å². The number of benzene rings is 1. The van der Waals surface area contributed by atoms with Gasteiger partial charge in [-0.05, 0) is 12.1 Å². The first-order chi connectivity index (χ1) is 12.5. The van der Waals surface area contributed by atoms with E-state index in [1.807, 2.05) is 0 Å². The largest absolute Gasteiger partial charge is 0.471 e. The molecule has 0 spiro atoms. The lowest BCUT2D eigenvalue weighted by molar-refractivity contribution is -0.159. The van der Waals surface area contributed by atoms with Crippen LogP contribution >= 0.6 is 0 Å². The van der Waals surface area contributed by atoms with Crippen LogP contribution < -0.4 is 0 Å². The third-order valence-corrected chi connectivity index (χ3v) is 3.28. The maximum Gasteiger partial charge on any atom is 0.471 e. The van der Waals surface area contributed by atoms with Gasteiger partial charge >= 0.3 is 18.2 Å². The van der Waals surface area contributed by atoms with Crippen LogP contribution in [0.5, 0.6) is 0 Å². The number of nitrogens with zero attached hydrogens (tertiary/aromatic N) is 3. The summed E-state index contributed by atoms with van der Waals surface area (Å²) < 4.78 is 84.1. The van der Waals surface area contributed by atoms with Gasteiger partial charge in [-0.3, -0.25) is 4.79 Å². The van der Waals surface area contributed by atoms with Crippen LogP contribution in [-0.2, 0) is 10.9 Å². The van der Waals surface area contributed by atoms with Crippen molar-refractivity contribution in [3.8, 4) is 11.4 Å². The molecule has 6 nitrogen and oxygen atoms in total. The van der Waals surface area contributed by atoms with Gasteiger partial charge in [-0.2, -0.15) is 31.3 Å².